The topological polar surface area (TPSA) is 77.5 Å². The summed E-state index contributed by atoms with van der Waals surface area (Å²) in [4.78, 5) is 27.8. The van der Waals surface area contributed by atoms with Gasteiger partial charge in [0.25, 0.3) is 5.91 Å². The van der Waals surface area contributed by atoms with Crippen molar-refractivity contribution in [1.29, 1.82) is 0 Å². The molecule has 1 amide bonds. The molecule has 0 aliphatic rings. The van der Waals surface area contributed by atoms with Crippen molar-refractivity contribution in [2.45, 2.75) is 6.54 Å². The Morgan fingerprint density at radius 2 is 2.15 bits per heavy atom. The molecule has 0 saturated carbocycles. The Bertz CT molecular complexity index is 1110. The summed E-state index contributed by atoms with van der Waals surface area (Å²) in [5.74, 6) is -0.426. The molecule has 0 atom stereocenters. The molecule has 0 fully saturated rings. The van der Waals surface area contributed by atoms with Crippen LogP contribution in [0.25, 0.3) is 16.3 Å². The average molecular weight is 450 g/mol. The molecule has 1 aromatic carbocycles. The van der Waals surface area contributed by atoms with E-state index in [1.807, 2.05) is 22.8 Å². The molecule has 9 heteroatoms. The third kappa shape index (κ3) is 4.06. The molecule has 26 heavy (non-hydrogen) atoms. The fraction of sp³-hybridized carbons (Fsp3) is 0.0588. The van der Waals surface area contributed by atoms with Gasteiger partial charge in [-0.2, -0.15) is 4.99 Å². The first-order valence-electron chi connectivity index (χ1n) is 7.38. The predicted octanol–water partition coefficient (Wildman–Crippen LogP) is 4.76. The number of amides is 1. The highest BCUT2D eigenvalue weighted by atomic mass is 79.9. The summed E-state index contributed by atoms with van der Waals surface area (Å²) in [6.07, 6.45) is 4.59. The van der Waals surface area contributed by atoms with Gasteiger partial charge in [-0.05, 0) is 30.3 Å². The van der Waals surface area contributed by atoms with Crippen LogP contribution in [0, 0.1) is 10.1 Å². The third-order valence-corrected chi connectivity index (χ3v) is 5.88. The van der Waals surface area contributed by atoms with Gasteiger partial charge in [-0.1, -0.05) is 44.7 Å². The van der Waals surface area contributed by atoms with Crippen LogP contribution in [-0.4, -0.2) is 15.4 Å². The SMILES string of the molecule is C=CCn1c(=NC(=O)/C=C\c2ccc([N+](=O)[O-])s2)sc2cc(Br)ccc21. The van der Waals surface area contributed by atoms with Crippen molar-refractivity contribution < 1.29 is 9.72 Å². The van der Waals surface area contributed by atoms with E-state index in [1.165, 1.54) is 29.6 Å². The minimum absolute atomic E-state index is 0.0351. The summed E-state index contributed by atoms with van der Waals surface area (Å²) in [7, 11) is 0. The number of benzene rings is 1. The number of hydrogen-bond donors (Lipinski definition) is 0. The maximum Gasteiger partial charge on any atom is 0.324 e. The number of thiophene rings is 1. The fourth-order valence-electron chi connectivity index (χ4n) is 2.25. The van der Waals surface area contributed by atoms with E-state index < -0.39 is 10.8 Å². The Labute approximate surface area is 164 Å². The van der Waals surface area contributed by atoms with E-state index in [1.54, 1.807) is 12.1 Å². The molecule has 0 aliphatic carbocycles. The highest BCUT2D eigenvalue weighted by molar-refractivity contribution is 9.10. The Hall–Kier alpha value is -2.36. The van der Waals surface area contributed by atoms with Gasteiger partial charge in [-0.3, -0.25) is 14.9 Å². The smallest absolute Gasteiger partial charge is 0.312 e. The Morgan fingerprint density at radius 1 is 1.35 bits per heavy atom. The van der Waals surface area contributed by atoms with E-state index in [9.17, 15) is 14.9 Å². The second-order valence-electron chi connectivity index (χ2n) is 5.11. The van der Waals surface area contributed by atoms with Crippen LogP contribution in [0.4, 0.5) is 5.00 Å². The lowest BCUT2D eigenvalue weighted by Gasteiger charge is -2.00. The standard InChI is InChI=1S/C17H12BrN3O3S2/c1-2-9-20-13-6-3-11(18)10-14(13)26-17(20)19-15(22)7-4-12-5-8-16(25-12)21(23)24/h2-8,10H,1,9H2/b7-4-,19-17?. The summed E-state index contributed by atoms with van der Waals surface area (Å²) >= 11 is 5.86. The van der Waals surface area contributed by atoms with Gasteiger partial charge in [0.2, 0.25) is 0 Å². The van der Waals surface area contributed by atoms with Crippen LogP contribution in [0.15, 0.2) is 58.5 Å². The highest BCUT2D eigenvalue weighted by Gasteiger charge is 2.09. The summed E-state index contributed by atoms with van der Waals surface area (Å²) in [5, 5.41) is 10.7. The number of nitro groups is 1. The molecule has 2 aromatic heterocycles. The average Bonchev–Trinajstić information content (AvgIpc) is 3.19. The summed E-state index contributed by atoms with van der Waals surface area (Å²) in [6.45, 7) is 4.29. The van der Waals surface area contributed by atoms with Gasteiger partial charge in [0, 0.05) is 28.0 Å². The van der Waals surface area contributed by atoms with Crippen LogP contribution >= 0.6 is 38.6 Å². The monoisotopic (exact) mass is 449 g/mol. The molecule has 0 aliphatic heterocycles. The normalized spacial score (nSPS) is 12.1. The number of fused-ring (bicyclic) bond motifs is 1. The molecule has 0 N–H and O–H groups in total. The maximum atomic E-state index is 12.2. The molecule has 0 unspecified atom stereocenters. The summed E-state index contributed by atoms with van der Waals surface area (Å²) in [6, 6.07) is 8.88. The lowest BCUT2D eigenvalue weighted by Crippen LogP contribution is -2.15. The predicted molar refractivity (Wildman–Crippen MR) is 108 cm³/mol. The first-order valence-corrected chi connectivity index (χ1v) is 9.81. The van der Waals surface area contributed by atoms with Crippen molar-refractivity contribution in [3.63, 3.8) is 0 Å². The van der Waals surface area contributed by atoms with E-state index in [0.29, 0.717) is 16.2 Å². The molecule has 0 spiro atoms. The van der Waals surface area contributed by atoms with Gasteiger partial charge in [-0.15, -0.1) is 6.58 Å². The van der Waals surface area contributed by atoms with Crippen molar-refractivity contribution in [3.05, 3.63) is 73.3 Å². The van der Waals surface area contributed by atoms with Crippen LogP contribution in [0.3, 0.4) is 0 Å². The second-order valence-corrected chi connectivity index (χ2v) is 8.13. The van der Waals surface area contributed by atoms with Crippen LogP contribution in [0.2, 0.25) is 0 Å². The quantitative estimate of drug-likeness (QED) is 0.243. The molecule has 3 rings (SSSR count). The molecule has 0 bridgehead atoms. The van der Waals surface area contributed by atoms with E-state index in [0.717, 1.165) is 26.0 Å². The van der Waals surface area contributed by atoms with E-state index in [2.05, 4.69) is 27.5 Å². The molecular formula is C17H12BrN3O3S2. The fourth-order valence-corrected chi connectivity index (χ4v) is 4.57. The number of rotatable bonds is 5. The van der Waals surface area contributed by atoms with Crippen molar-refractivity contribution in [1.82, 2.24) is 4.57 Å². The molecule has 2 heterocycles. The number of carbonyl (C=O) groups excluding carboxylic acids is 1. The number of hydrogen-bond acceptors (Lipinski definition) is 5. The van der Waals surface area contributed by atoms with Crippen LogP contribution in [0.1, 0.15) is 4.88 Å². The molecule has 0 saturated heterocycles. The lowest BCUT2D eigenvalue weighted by molar-refractivity contribution is -0.380. The van der Waals surface area contributed by atoms with Gasteiger partial charge in [0.05, 0.1) is 15.1 Å². The van der Waals surface area contributed by atoms with E-state index in [-0.39, 0.29) is 5.00 Å². The number of carbonyl (C=O) groups is 1. The number of thiazole rings is 1. The number of aromatic nitrogens is 1. The minimum Gasteiger partial charge on any atom is -0.312 e. The van der Waals surface area contributed by atoms with Crippen molar-refractivity contribution in [2.75, 3.05) is 0 Å². The Morgan fingerprint density at radius 3 is 2.85 bits per heavy atom. The maximum absolute atomic E-state index is 12.2. The van der Waals surface area contributed by atoms with Crippen LogP contribution in [0.5, 0.6) is 0 Å². The van der Waals surface area contributed by atoms with Gasteiger partial charge in [-0.25, -0.2) is 0 Å². The minimum atomic E-state index is -0.457. The van der Waals surface area contributed by atoms with Crippen molar-refractivity contribution >= 4 is 65.8 Å². The largest absolute Gasteiger partial charge is 0.324 e. The third-order valence-electron chi connectivity index (χ3n) is 3.35. The van der Waals surface area contributed by atoms with Crippen molar-refractivity contribution in [2.24, 2.45) is 4.99 Å². The molecule has 132 valence electrons. The van der Waals surface area contributed by atoms with Gasteiger partial charge in [0.15, 0.2) is 4.80 Å². The number of halogens is 1. The summed E-state index contributed by atoms with van der Waals surface area (Å²) < 4.78 is 3.88. The first kappa shape index (κ1) is 18.4. The van der Waals surface area contributed by atoms with Crippen molar-refractivity contribution in [3.8, 4) is 0 Å². The van der Waals surface area contributed by atoms with Gasteiger partial charge >= 0.3 is 5.00 Å². The Balaban J connectivity index is 1.93. The van der Waals surface area contributed by atoms with E-state index in [4.69, 9.17) is 0 Å². The second kappa shape index (κ2) is 7.90. The first-order chi connectivity index (χ1) is 12.5. The van der Waals surface area contributed by atoms with E-state index >= 15 is 0 Å². The zero-order valence-electron chi connectivity index (χ0n) is 13.3. The van der Waals surface area contributed by atoms with Gasteiger partial charge < -0.3 is 4.57 Å². The van der Waals surface area contributed by atoms with Crippen LogP contribution < -0.4 is 4.80 Å². The Kier molecular flexibility index (Phi) is 5.60. The zero-order valence-corrected chi connectivity index (χ0v) is 16.5. The number of allylic oxidation sites excluding steroid dienone is 1. The summed E-state index contributed by atoms with van der Waals surface area (Å²) in [5.41, 5.74) is 0.975. The number of nitrogens with zero attached hydrogens (tertiary/aromatic N) is 3. The molecule has 0 radical (unpaired) electrons. The van der Waals surface area contributed by atoms with Crippen LogP contribution in [-0.2, 0) is 11.3 Å². The molecule has 3 aromatic rings. The van der Waals surface area contributed by atoms with Gasteiger partial charge in [0.1, 0.15) is 0 Å². The highest BCUT2D eigenvalue weighted by Crippen LogP contribution is 2.25. The molecular weight excluding hydrogens is 438 g/mol. The zero-order chi connectivity index (χ0) is 18.7. The molecule has 6 nitrogen and oxygen atoms in total. The lowest BCUT2D eigenvalue weighted by atomic mass is 10.3.